The lowest BCUT2D eigenvalue weighted by Crippen LogP contribution is -2.29. The largest absolute Gasteiger partial charge is 0.333 e. The zero-order valence-corrected chi connectivity index (χ0v) is 12.1. The number of likely N-dealkylation sites (tertiary alicyclic amines) is 1. The topological polar surface area (TPSA) is 33.1 Å². The van der Waals surface area contributed by atoms with Gasteiger partial charge in [-0.15, -0.1) is 0 Å². The van der Waals surface area contributed by atoms with Crippen LogP contribution in [0.4, 0.5) is 0 Å². The van der Waals surface area contributed by atoms with E-state index in [1.165, 1.54) is 56.8 Å². The Morgan fingerprint density at radius 1 is 1.21 bits per heavy atom. The van der Waals surface area contributed by atoms with Crippen LogP contribution >= 0.6 is 0 Å². The Kier molecular flexibility index (Phi) is 4.18. The predicted octanol–water partition coefficient (Wildman–Crippen LogP) is 1.75. The van der Waals surface area contributed by atoms with E-state index in [1.54, 1.807) is 0 Å². The van der Waals surface area contributed by atoms with Gasteiger partial charge in [-0.3, -0.25) is 0 Å². The number of hydrogen-bond donors (Lipinski definition) is 1. The van der Waals surface area contributed by atoms with Crippen molar-refractivity contribution in [1.82, 2.24) is 19.8 Å². The molecule has 2 aliphatic rings. The van der Waals surface area contributed by atoms with E-state index in [0.717, 1.165) is 19.6 Å². The van der Waals surface area contributed by atoms with E-state index in [2.05, 4.69) is 27.9 Å². The van der Waals surface area contributed by atoms with Crippen LogP contribution in [0.15, 0.2) is 6.20 Å². The summed E-state index contributed by atoms with van der Waals surface area (Å²) in [7, 11) is 0. The summed E-state index contributed by atoms with van der Waals surface area (Å²) in [6, 6.07) is 0. The summed E-state index contributed by atoms with van der Waals surface area (Å²) in [4.78, 5) is 7.38. The monoisotopic (exact) mass is 262 g/mol. The summed E-state index contributed by atoms with van der Waals surface area (Å²) in [5.41, 5.74) is 1.18. The molecule has 2 saturated heterocycles. The van der Waals surface area contributed by atoms with E-state index >= 15 is 0 Å². The third-order valence-corrected chi connectivity index (χ3v) is 4.49. The first-order chi connectivity index (χ1) is 9.33. The van der Waals surface area contributed by atoms with Gasteiger partial charge < -0.3 is 14.8 Å². The number of nitrogens with zero attached hydrogens (tertiary/aromatic N) is 3. The normalized spacial score (nSPS) is 22.2. The maximum Gasteiger partial charge on any atom is 0.112 e. The van der Waals surface area contributed by atoms with Crippen molar-refractivity contribution in [3.05, 3.63) is 17.7 Å². The van der Waals surface area contributed by atoms with Gasteiger partial charge in [-0.1, -0.05) is 0 Å². The maximum absolute atomic E-state index is 4.80. The Morgan fingerprint density at radius 2 is 1.95 bits per heavy atom. The maximum atomic E-state index is 4.80. The Bertz CT molecular complexity index is 400. The minimum absolute atomic E-state index is 0.661. The fraction of sp³-hybridized carbons (Fsp3) is 0.800. The minimum atomic E-state index is 0.661. The molecule has 2 aliphatic heterocycles. The molecule has 1 aromatic rings. The number of piperidine rings is 1. The molecule has 2 fully saturated rings. The second-order valence-electron chi connectivity index (χ2n) is 6.01. The first-order valence-electron chi connectivity index (χ1n) is 7.79. The summed E-state index contributed by atoms with van der Waals surface area (Å²) in [5, 5.41) is 3.44. The lowest BCUT2D eigenvalue weighted by molar-refractivity contribution is 0.316. The molecule has 19 heavy (non-hydrogen) atoms. The van der Waals surface area contributed by atoms with Gasteiger partial charge in [0, 0.05) is 25.2 Å². The zero-order chi connectivity index (χ0) is 13.1. The van der Waals surface area contributed by atoms with Gasteiger partial charge >= 0.3 is 0 Å². The first-order valence-corrected chi connectivity index (χ1v) is 7.79. The standard InChI is InChI=1S/C15H26N4/c1-13-12-19(11-10-18-8-2-3-9-18)15(17-13)14-4-6-16-7-5-14/h12,14,16H,2-11H2,1H3. The zero-order valence-electron chi connectivity index (χ0n) is 12.1. The van der Waals surface area contributed by atoms with E-state index in [9.17, 15) is 0 Å². The average molecular weight is 262 g/mol. The summed E-state index contributed by atoms with van der Waals surface area (Å²) in [5.74, 6) is 1.99. The van der Waals surface area contributed by atoms with Gasteiger partial charge in [0.1, 0.15) is 5.82 Å². The molecule has 0 saturated carbocycles. The highest BCUT2D eigenvalue weighted by Gasteiger charge is 2.21. The third kappa shape index (κ3) is 3.18. The van der Waals surface area contributed by atoms with Crippen molar-refractivity contribution in [1.29, 1.82) is 0 Å². The van der Waals surface area contributed by atoms with Crippen molar-refractivity contribution in [3.63, 3.8) is 0 Å². The van der Waals surface area contributed by atoms with E-state index in [0.29, 0.717) is 5.92 Å². The molecule has 0 bridgehead atoms. The number of rotatable bonds is 4. The Hall–Kier alpha value is -0.870. The Morgan fingerprint density at radius 3 is 2.68 bits per heavy atom. The number of aromatic nitrogens is 2. The molecule has 106 valence electrons. The van der Waals surface area contributed by atoms with Crippen molar-refractivity contribution in [2.45, 2.75) is 45.1 Å². The Balaban J connectivity index is 1.65. The summed E-state index contributed by atoms with van der Waals surface area (Å²) in [6.45, 7) is 9.28. The number of imidazole rings is 1. The van der Waals surface area contributed by atoms with Gasteiger partial charge in [0.15, 0.2) is 0 Å². The first kappa shape index (κ1) is 13.1. The molecule has 0 amide bonds. The van der Waals surface area contributed by atoms with Crippen LogP contribution in [0.3, 0.4) is 0 Å². The van der Waals surface area contributed by atoms with Crippen LogP contribution in [-0.2, 0) is 6.54 Å². The van der Waals surface area contributed by atoms with Gasteiger partial charge in [-0.25, -0.2) is 4.98 Å². The fourth-order valence-electron chi connectivity index (χ4n) is 3.41. The molecule has 3 rings (SSSR count). The molecule has 0 spiro atoms. The number of nitrogens with one attached hydrogen (secondary N) is 1. The van der Waals surface area contributed by atoms with Gasteiger partial charge in [0.2, 0.25) is 0 Å². The van der Waals surface area contributed by atoms with Gasteiger partial charge in [-0.05, 0) is 58.8 Å². The van der Waals surface area contributed by atoms with Gasteiger partial charge in [-0.2, -0.15) is 0 Å². The molecular weight excluding hydrogens is 236 g/mol. The average Bonchev–Trinajstić information content (AvgIpc) is 3.06. The molecule has 1 N–H and O–H groups in total. The fourth-order valence-corrected chi connectivity index (χ4v) is 3.41. The van der Waals surface area contributed by atoms with E-state index < -0.39 is 0 Å². The van der Waals surface area contributed by atoms with Crippen LogP contribution in [0.5, 0.6) is 0 Å². The van der Waals surface area contributed by atoms with E-state index in [-0.39, 0.29) is 0 Å². The van der Waals surface area contributed by atoms with Crippen LogP contribution in [0, 0.1) is 6.92 Å². The molecular formula is C15H26N4. The smallest absolute Gasteiger partial charge is 0.112 e. The highest BCUT2D eigenvalue weighted by Crippen LogP contribution is 2.24. The van der Waals surface area contributed by atoms with Crippen LogP contribution in [0.25, 0.3) is 0 Å². The molecule has 0 atom stereocenters. The van der Waals surface area contributed by atoms with Crippen molar-refractivity contribution >= 4 is 0 Å². The van der Waals surface area contributed by atoms with Crippen molar-refractivity contribution in [2.24, 2.45) is 0 Å². The molecule has 0 radical (unpaired) electrons. The van der Waals surface area contributed by atoms with Crippen LogP contribution in [-0.4, -0.2) is 47.2 Å². The molecule has 0 unspecified atom stereocenters. The third-order valence-electron chi connectivity index (χ3n) is 4.49. The molecule has 4 heteroatoms. The number of aryl methyl sites for hydroxylation is 1. The molecule has 0 aliphatic carbocycles. The number of hydrogen-bond acceptors (Lipinski definition) is 3. The molecule has 1 aromatic heterocycles. The van der Waals surface area contributed by atoms with Crippen LogP contribution in [0.2, 0.25) is 0 Å². The lowest BCUT2D eigenvalue weighted by atomic mass is 9.97. The summed E-state index contributed by atoms with van der Waals surface area (Å²) >= 11 is 0. The van der Waals surface area contributed by atoms with E-state index in [4.69, 9.17) is 4.98 Å². The molecule has 3 heterocycles. The van der Waals surface area contributed by atoms with Gasteiger partial charge in [0.25, 0.3) is 0 Å². The minimum Gasteiger partial charge on any atom is -0.333 e. The second-order valence-corrected chi connectivity index (χ2v) is 6.01. The van der Waals surface area contributed by atoms with Crippen LogP contribution < -0.4 is 5.32 Å². The molecule has 4 nitrogen and oxygen atoms in total. The predicted molar refractivity (Wildman–Crippen MR) is 77.5 cm³/mol. The highest BCUT2D eigenvalue weighted by molar-refractivity contribution is 5.08. The van der Waals surface area contributed by atoms with E-state index in [1.807, 2.05) is 0 Å². The van der Waals surface area contributed by atoms with Crippen molar-refractivity contribution in [3.8, 4) is 0 Å². The highest BCUT2D eigenvalue weighted by atomic mass is 15.2. The second kappa shape index (κ2) is 6.06. The van der Waals surface area contributed by atoms with Crippen molar-refractivity contribution < 1.29 is 0 Å². The lowest BCUT2D eigenvalue weighted by Gasteiger charge is -2.24. The van der Waals surface area contributed by atoms with Gasteiger partial charge in [0.05, 0.1) is 5.69 Å². The van der Waals surface area contributed by atoms with Crippen LogP contribution in [0.1, 0.15) is 43.1 Å². The summed E-state index contributed by atoms with van der Waals surface area (Å²) in [6.07, 6.45) is 7.47. The Labute approximate surface area is 116 Å². The molecule has 0 aromatic carbocycles. The SMILES string of the molecule is Cc1cn(CCN2CCCC2)c(C2CCNCC2)n1. The van der Waals surface area contributed by atoms with Crippen molar-refractivity contribution in [2.75, 3.05) is 32.7 Å². The summed E-state index contributed by atoms with van der Waals surface area (Å²) < 4.78 is 2.42. The quantitative estimate of drug-likeness (QED) is 0.897.